The molecule has 2 saturated heterocycles. The van der Waals surface area contributed by atoms with Gasteiger partial charge in [-0.05, 0) is 104 Å². The summed E-state index contributed by atoms with van der Waals surface area (Å²) in [6.07, 6.45) is 13.1. The fraction of sp³-hybridized carbons (Fsp3) is 0.436. The normalized spacial score (nSPS) is 31.5. The summed E-state index contributed by atoms with van der Waals surface area (Å²) >= 11 is 0. The van der Waals surface area contributed by atoms with Crippen LogP contribution in [0.5, 0.6) is 0 Å². The predicted molar refractivity (Wildman–Crippen MR) is 175 cm³/mol. The van der Waals surface area contributed by atoms with Crippen LogP contribution in [0.1, 0.15) is 63.0 Å². The van der Waals surface area contributed by atoms with Crippen molar-refractivity contribution in [2.45, 2.75) is 58.3 Å². The van der Waals surface area contributed by atoms with E-state index in [1.54, 1.807) is 0 Å². The monoisotopic (exact) mass is 602 g/mol. The molecular weight excluding hydrogens is 560 g/mol. The van der Waals surface area contributed by atoms with Gasteiger partial charge in [0.15, 0.2) is 0 Å². The van der Waals surface area contributed by atoms with Crippen molar-refractivity contribution in [1.29, 1.82) is 0 Å². The van der Waals surface area contributed by atoms with E-state index >= 15 is 0 Å². The number of carbonyl (C=O) groups is 4. The van der Waals surface area contributed by atoms with Crippen molar-refractivity contribution in [3.63, 3.8) is 0 Å². The Labute approximate surface area is 265 Å². The standard InChI is InChI=1S/C39H42N2O4/c1-4-7-8-10-27-20-25(6-3)32-33(27)37(43)40(36(32)42)29-15-11-23(12-16-29)19-24-13-17-30(18-14-24)41-38(44)34-28-21-26(9-5-2)31(22-28)35(34)39(41)45/h4-5,11-18,21,25,27-28,31-35H,1-2,6-10,19-20,22H2,3H3. The van der Waals surface area contributed by atoms with E-state index in [1.807, 2.05) is 60.7 Å². The number of anilines is 2. The van der Waals surface area contributed by atoms with E-state index in [4.69, 9.17) is 0 Å². The first kappa shape index (κ1) is 29.6. The first-order chi connectivity index (χ1) is 21.9. The second-order valence-corrected chi connectivity index (χ2v) is 13.8. The van der Waals surface area contributed by atoms with Gasteiger partial charge in [-0.15, -0.1) is 13.2 Å². The van der Waals surface area contributed by atoms with E-state index in [2.05, 4.69) is 26.2 Å². The summed E-state index contributed by atoms with van der Waals surface area (Å²) < 4.78 is 0. The number of benzene rings is 2. The van der Waals surface area contributed by atoms with Crippen molar-refractivity contribution < 1.29 is 19.2 Å². The van der Waals surface area contributed by atoms with Crippen LogP contribution in [0.25, 0.3) is 0 Å². The van der Waals surface area contributed by atoms with Crippen LogP contribution < -0.4 is 9.80 Å². The van der Waals surface area contributed by atoms with Crippen LogP contribution in [-0.2, 0) is 25.6 Å². The van der Waals surface area contributed by atoms with Gasteiger partial charge < -0.3 is 0 Å². The number of hydrogen-bond acceptors (Lipinski definition) is 4. The van der Waals surface area contributed by atoms with Gasteiger partial charge in [0.25, 0.3) is 0 Å². The summed E-state index contributed by atoms with van der Waals surface area (Å²) in [6, 6.07) is 15.4. The summed E-state index contributed by atoms with van der Waals surface area (Å²) in [5, 5.41) is 0. The van der Waals surface area contributed by atoms with Gasteiger partial charge in [0.05, 0.1) is 35.0 Å². The molecule has 0 radical (unpaired) electrons. The molecule has 0 spiro atoms. The van der Waals surface area contributed by atoms with Crippen LogP contribution in [0.2, 0.25) is 0 Å². The zero-order valence-corrected chi connectivity index (χ0v) is 26.1. The average molecular weight is 603 g/mol. The van der Waals surface area contributed by atoms with Crippen molar-refractivity contribution in [2.24, 2.45) is 47.3 Å². The fourth-order valence-corrected chi connectivity index (χ4v) is 9.41. The molecule has 2 bridgehead atoms. The van der Waals surface area contributed by atoms with Crippen LogP contribution in [-0.4, -0.2) is 23.6 Å². The second kappa shape index (κ2) is 11.7. The Morgan fingerprint density at radius 1 is 0.711 bits per heavy atom. The van der Waals surface area contributed by atoms with Crippen LogP contribution in [0.3, 0.4) is 0 Å². The largest absolute Gasteiger partial charge is 0.274 e. The van der Waals surface area contributed by atoms with Gasteiger partial charge in [0, 0.05) is 0 Å². The van der Waals surface area contributed by atoms with Gasteiger partial charge in [0.1, 0.15) is 0 Å². The summed E-state index contributed by atoms with van der Waals surface area (Å²) in [5.41, 5.74) is 4.65. The number of fused-ring (bicyclic) bond motifs is 6. The molecule has 2 aromatic carbocycles. The highest BCUT2D eigenvalue weighted by Crippen LogP contribution is 2.57. The molecule has 4 amide bonds. The van der Waals surface area contributed by atoms with Gasteiger partial charge in [-0.1, -0.05) is 61.4 Å². The molecule has 6 heteroatoms. The lowest BCUT2D eigenvalue weighted by atomic mass is 9.80. The van der Waals surface area contributed by atoms with Gasteiger partial charge in [-0.25, -0.2) is 0 Å². The lowest BCUT2D eigenvalue weighted by Gasteiger charge is -2.21. The third-order valence-electron chi connectivity index (χ3n) is 11.4. The molecule has 232 valence electrons. The fourth-order valence-electron chi connectivity index (χ4n) is 9.41. The summed E-state index contributed by atoms with van der Waals surface area (Å²) in [4.78, 5) is 56.9. The molecule has 2 aliphatic heterocycles. The van der Waals surface area contributed by atoms with Crippen molar-refractivity contribution >= 4 is 35.0 Å². The van der Waals surface area contributed by atoms with Crippen molar-refractivity contribution in [3.05, 3.63) is 96.6 Å². The van der Waals surface area contributed by atoms with Crippen LogP contribution >= 0.6 is 0 Å². The maximum Gasteiger partial charge on any atom is 0.238 e. The maximum atomic E-state index is 13.6. The van der Waals surface area contributed by atoms with Crippen LogP contribution in [0.4, 0.5) is 11.4 Å². The minimum atomic E-state index is -0.245. The molecule has 5 aliphatic rings. The minimum Gasteiger partial charge on any atom is -0.274 e. The molecular formula is C39H42N2O4. The third-order valence-corrected chi connectivity index (χ3v) is 11.4. The predicted octanol–water partition coefficient (Wildman–Crippen LogP) is 7.04. The molecule has 0 N–H and O–H groups in total. The van der Waals surface area contributed by atoms with E-state index in [0.29, 0.717) is 17.8 Å². The quantitative estimate of drug-likeness (QED) is 0.157. The Hall–Kier alpha value is -4.06. The van der Waals surface area contributed by atoms with E-state index in [1.165, 1.54) is 15.4 Å². The molecule has 6 nitrogen and oxygen atoms in total. The summed E-state index contributed by atoms with van der Waals surface area (Å²) in [5.74, 6) is -0.279. The molecule has 4 fully saturated rings. The number of imide groups is 2. The molecule has 8 unspecified atom stereocenters. The van der Waals surface area contributed by atoms with E-state index in [0.717, 1.165) is 56.1 Å². The van der Waals surface area contributed by atoms with E-state index < -0.39 is 0 Å². The first-order valence-corrected chi connectivity index (χ1v) is 16.7. The molecule has 7 rings (SSSR count). The number of rotatable bonds is 11. The molecule has 45 heavy (non-hydrogen) atoms. The van der Waals surface area contributed by atoms with Gasteiger partial charge in [-0.2, -0.15) is 0 Å². The first-order valence-electron chi connectivity index (χ1n) is 16.7. The highest BCUT2D eigenvalue weighted by molar-refractivity contribution is 6.23. The number of nitrogens with zero attached hydrogens (tertiary/aromatic N) is 2. The number of unbranched alkanes of at least 4 members (excludes halogenated alkanes) is 1. The number of hydrogen-bond donors (Lipinski definition) is 0. The Balaban J connectivity index is 1.02. The minimum absolute atomic E-state index is 0.0382. The van der Waals surface area contributed by atoms with Crippen molar-refractivity contribution in [2.75, 3.05) is 9.80 Å². The van der Waals surface area contributed by atoms with Gasteiger partial charge in [0.2, 0.25) is 23.6 Å². The third kappa shape index (κ3) is 4.76. The number of amides is 4. The summed E-state index contributed by atoms with van der Waals surface area (Å²) in [7, 11) is 0. The zero-order valence-electron chi connectivity index (χ0n) is 26.1. The Morgan fingerprint density at radius 3 is 1.82 bits per heavy atom. The SMILES string of the molecule is C=CCCCC1CC(CC)C2C(=O)N(c3ccc(Cc4ccc(N5C(=O)C6C7C=C(CC=C)C(C7)C6C5=O)cc4)cc3)C(=O)C12. The average Bonchev–Trinajstić information content (AvgIpc) is 3.83. The smallest absolute Gasteiger partial charge is 0.238 e. The van der Waals surface area contributed by atoms with E-state index in [-0.39, 0.29) is 71.0 Å². The lowest BCUT2D eigenvalue weighted by molar-refractivity contribution is -0.125. The molecule has 8 atom stereocenters. The molecule has 2 aromatic rings. The molecule has 2 saturated carbocycles. The number of allylic oxidation sites excluding steroid dienone is 4. The van der Waals surface area contributed by atoms with Gasteiger partial charge >= 0.3 is 0 Å². The molecule has 2 heterocycles. The summed E-state index contributed by atoms with van der Waals surface area (Å²) in [6.45, 7) is 9.80. The number of carbonyl (C=O) groups excluding carboxylic acids is 4. The second-order valence-electron chi connectivity index (χ2n) is 13.8. The van der Waals surface area contributed by atoms with Crippen molar-refractivity contribution in [3.8, 4) is 0 Å². The Morgan fingerprint density at radius 2 is 1.27 bits per heavy atom. The van der Waals surface area contributed by atoms with Crippen LogP contribution in [0.15, 0.2) is 85.5 Å². The molecule has 3 aliphatic carbocycles. The zero-order chi connectivity index (χ0) is 31.4. The Bertz CT molecular complexity index is 1590. The highest BCUT2D eigenvalue weighted by atomic mass is 16.2. The lowest BCUT2D eigenvalue weighted by Crippen LogP contribution is -2.33. The van der Waals surface area contributed by atoms with E-state index in [9.17, 15) is 19.2 Å². The topological polar surface area (TPSA) is 74.8 Å². The van der Waals surface area contributed by atoms with Gasteiger partial charge in [-0.3, -0.25) is 29.0 Å². The maximum absolute atomic E-state index is 13.6. The highest BCUT2D eigenvalue weighted by Gasteiger charge is 2.61. The van der Waals surface area contributed by atoms with Crippen LogP contribution in [0, 0.1) is 47.3 Å². The molecule has 0 aromatic heterocycles. The van der Waals surface area contributed by atoms with Crippen molar-refractivity contribution in [1.82, 2.24) is 0 Å². The Kier molecular flexibility index (Phi) is 7.71.